The van der Waals surface area contributed by atoms with Crippen LogP contribution in [-0.4, -0.2) is 47.8 Å². The summed E-state index contributed by atoms with van der Waals surface area (Å²) < 4.78 is 26.0. The van der Waals surface area contributed by atoms with Crippen molar-refractivity contribution in [1.29, 1.82) is 0 Å². The van der Waals surface area contributed by atoms with Crippen LogP contribution in [0.4, 0.5) is 0 Å². The van der Waals surface area contributed by atoms with Crippen LogP contribution >= 0.6 is 11.6 Å². The molecule has 0 aliphatic heterocycles. The number of nitrogens with zero attached hydrogens (tertiary/aromatic N) is 3. The molecule has 0 aromatic carbocycles. The molecule has 0 saturated heterocycles. The molecule has 1 aromatic rings. The van der Waals surface area contributed by atoms with Crippen LogP contribution in [0, 0.1) is 0 Å². The van der Waals surface area contributed by atoms with Crippen molar-refractivity contribution >= 4 is 21.6 Å². The van der Waals surface area contributed by atoms with Crippen LogP contribution < -0.4 is 0 Å². The Morgan fingerprint density at radius 2 is 2.27 bits per heavy atom. The van der Waals surface area contributed by atoms with Crippen LogP contribution in [0.1, 0.15) is 0 Å². The van der Waals surface area contributed by atoms with Gasteiger partial charge < -0.3 is 5.11 Å². The van der Waals surface area contributed by atoms with Crippen molar-refractivity contribution in [3.63, 3.8) is 0 Å². The van der Waals surface area contributed by atoms with E-state index in [1.165, 1.54) is 25.0 Å². The maximum Gasteiger partial charge on any atom is 0.261 e. The zero-order valence-electron chi connectivity index (χ0n) is 8.38. The second-order valence-electron chi connectivity index (χ2n) is 2.97. The Morgan fingerprint density at radius 1 is 1.67 bits per heavy atom. The molecule has 1 aromatic heterocycles. The molecule has 0 fully saturated rings. The van der Waals surface area contributed by atoms with Crippen molar-refractivity contribution in [1.82, 2.24) is 14.1 Å². The van der Waals surface area contributed by atoms with Crippen LogP contribution in [0.15, 0.2) is 11.2 Å². The molecule has 6 nitrogen and oxygen atoms in total. The molecule has 0 spiro atoms. The van der Waals surface area contributed by atoms with Crippen LogP contribution in [0.25, 0.3) is 0 Å². The smallest absolute Gasteiger partial charge is 0.261 e. The zero-order valence-corrected chi connectivity index (χ0v) is 9.96. The van der Waals surface area contributed by atoms with Crippen LogP contribution in [-0.2, 0) is 17.1 Å². The highest BCUT2D eigenvalue weighted by Crippen LogP contribution is 2.22. The lowest BCUT2D eigenvalue weighted by atomic mass is 10.7. The minimum atomic E-state index is -3.68. The molecular formula is C7H12ClN3O3S. The minimum absolute atomic E-state index is 0.0177. The number of hydrogen-bond donors (Lipinski definition) is 1. The van der Waals surface area contributed by atoms with Gasteiger partial charge in [-0.05, 0) is 0 Å². The van der Waals surface area contributed by atoms with Gasteiger partial charge in [-0.1, -0.05) is 11.6 Å². The van der Waals surface area contributed by atoms with Gasteiger partial charge in [0.1, 0.15) is 0 Å². The first-order valence-electron chi connectivity index (χ1n) is 4.16. The van der Waals surface area contributed by atoms with E-state index in [4.69, 9.17) is 16.7 Å². The SMILES string of the molecule is CN(CCO)S(=O)(=O)c1c(Cl)cnn1C. The fourth-order valence-corrected chi connectivity index (χ4v) is 2.85. The minimum Gasteiger partial charge on any atom is -0.395 e. The van der Waals surface area contributed by atoms with Gasteiger partial charge in [-0.3, -0.25) is 4.68 Å². The number of sulfonamides is 1. The molecule has 1 heterocycles. The van der Waals surface area contributed by atoms with Crippen molar-refractivity contribution in [3.05, 3.63) is 11.2 Å². The number of halogens is 1. The fraction of sp³-hybridized carbons (Fsp3) is 0.571. The highest BCUT2D eigenvalue weighted by atomic mass is 35.5. The molecule has 0 atom stereocenters. The summed E-state index contributed by atoms with van der Waals surface area (Å²) in [5, 5.41) is 12.4. The second kappa shape index (κ2) is 4.48. The number of aromatic nitrogens is 2. The fourth-order valence-electron chi connectivity index (χ4n) is 1.10. The van der Waals surface area contributed by atoms with E-state index in [0.29, 0.717) is 0 Å². The summed E-state index contributed by atoms with van der Waals surface area (Å²) in [5.41, 5.74) is 0. The highest BCUT2D eigenvalue weighted by molar-refractivity contribution is 7.89. The third kappa shape index (κ3) is 2.31. The molecular weight excluding hydrogens is 242 g/mol. The van der Waals surface area contributed by atoms with Crippen molar-refractivity contribution < 1.29 is 13.5 Å². The molecule has 0 saturated carbocycles. The van der Waals surface area contributed by atoms with Gasteiger partial charge in [0.25, 0.3) is 10.0 Å². The van der Waals surface area contributed by atoms with Crippen molar-refractivity contribution in [2.24, 2.45) is 7.05 Å². The lowest BCUT2D eigenvalue weighted by molar-refractivity contribution is 0.266. The summed E-state index contributed by atoms with van der Waals surface area (Å²) in [4.78, 5) is 0. The number of aryl methyl sites for hydroxylation is 1. The third-order valence-corrected chi connectivity index (χ3v) is 4.28. The first-order valence-corrected chi connectivity index (χ1v) is 5.97. The van der Waals surface area contributed by atoms with Gasteiger partial charge in [-0.2, -0.15) is 9.40 Å². The van der Waals surface area contributed by atoms with Gasteiger partial charge in [-0.15, -0.1) is 0 Å². The first kappa shape index (κ1) is 12.4. The largest absolute Gasteiger partial charge is 0.395 e. The molecule has 1 N–H and O–H groups in total. The molecule has 0 aliphatic rings. The topological polar surface area (TPSA) is 75.4 Å². The summed E-state index contributed by atoms with van der Waals surface area (Å²) in [6, 6.07) is 0. The van der Waals surface area contributed by atoms with E-state index in [1.54, 1.807) is 0 Å². The maximum atomic E-state index is 11.9. The molecule has 0 radical (unpaired) electrons. The Morgan fingerprint density at radius 3 is 2.67 bits per heavy atom. The molecule has 8 heteroatoms. The number of hydrogen-bond acceptors (Lipinski definition) is 4. The molecule has 0 bridgehead atoms. The Hall–Kier alpha value is -0.630. The summed E-state index contributed by atoms with van der Waals surface area (Å²) in [6.07, 6.45) is 1.27. The van der Waals surface area contributed by atoms with E-state index in [9.17, 15) is 8.42 Å². The Balaban J connectivity index is 3.17. The van der Waals surface area contributed by atoms with E-state index >= 15 is 0 Å². The summed E-state index contributed by atoms with van der Waals surface area (Å²) in [5.74, 6) is 0. The van der Waals surface area contributed by atoms with Crippen LogP contribution in [0.2, 0.25) is 5.02 Å². The van der Waals surface area contributed by atoms with E-state index in [2.05, 4.69) is 5.10 Å². The van der Waals surface area contributed by atoms with Crippen molar-refractivity contribution in [2.45, 2.75) is 5.03 Å². The van der Waals surface area contributed by atoms with Gasteiger partial charge in [0.05, 0.1) is 17.8 Å². The summed E-state index contributed by atoms with van der Waals surface area (Å²) in [7, 11) is -0.816. The predicted molar refractivity (Wildman–Crippen MR) is 55.1 cm³/mol. The van der Waals surface area contributed by atoms with Gasteiger partial charge in [0, 0.05) is 20.6 Å². The van der Waals surface area contributed by atoms with Crippen molar-refractivity contribution in [3.8, 4) is 0 Å². The quantitative estimate of drug-likeness (QED) is 0.799. The Bertz CT molecular complexity index is 423. The molecule has 0 amide bonds. The maximum absolute atomic E-state index is 11.9. The zero-order chi connectivity index (χ0) is 11.6. The number of rotatable bonds is 4. The molecule has 0 unspecified atom stereocenters. The molecule has 0 aliphatic carbocycles. The average molecular weight is 254 g/mol. The van der Waals surface area contributed by atoms with Gasteiger partial charge in [0.2, 0.25) is 0 Å². The number of aliphatic hydroxyl groups excluding tert-OH is 1. The van der Waals surface area contributed by atoms with Crippen molar-refractivity contribution in [2.75, 3.05) is 20.2 Å². The standard InChI is InChI=1S/C7H12ClN3O3S/c1-10(3-4-12)15(13,14)7-6(8)5-9-11(7)2/h5,12H,3-4H2,1-2H3. The number of aliphatic hydroxyl groups is 1. The van der Waals surface area contributed by atoms with Crippen LogP contribution in [0.3, 0.4) is 0 Å². The first-order chi connectivity index (χ1) is 6.91. The van der Waals surface area contributed by atoms with Gasteiger partial charge >= 0.3 is 0 Å². The van der Waals surface area contributed by atoms with E-state index in [0.717, 1.165) is 4.31 Å². The lowest BCUT2D eigenvalue weighted by Crippen LogP contribution is -2.31. The number of likely N-dealkylation sites (N-methyl/N-ethyl adjacent to an activating group) is 1. The predicted octanol–water partition coefficient (Wildman–Crippen LogP) is -0.314. The lowest BCUT2D eigenvalue weighted by Gasteiger charge is -2.15. The molecule has 1 rings (SSSR count). The van der Waals surface area contributed by atoms with E-state index in [-0.39, 0.29) is 23.2 Å². The Kier molecular flexibility index (Phi) is 3.72. The van der Waals surface area contributed by atoms with Crippen LogP contribution in [0.5, 0.6) is 0 Å². The summed E-state index contributed by atoms with van der Waals surface area (Å²) in [6.45, 7) is -0.227. The van der Waals surface area contributed by atoms with Gasteiger partial charge in [0.15, 0.2) is 5.03 Å². The normalized spacial score (nSPS) is 12.3. The van der Waals surface area contributed by atoms with E-state index < -0.39 is 10.0 Å². The Labute approximate surface area is 93.1 Å². The second-order valence-corrected chi connectivity index (χ2v) is 5.34. The molecule has 15 heavy (non-hydrogen) atoms. The molecule has 86 valence electrons. The highest BCUT2D eigenvalue weighted by Gasteiger charge is 2.26. The van der Waals surface area contributed by atoms with E-state index in [1.807, 2.05) is 0 Å². The monoisotopic (exact) mass is 253 g/mol. The van der Waals surface area contributed by atoms with Gasteiger partial charge in [-0.25, -0.2) is 8.42 Å². The third-order valence-electron chi connectivity index (χ3n) is 1.91. The average Bonchev–Trinajstić information content (AvgIpc) is 2.46. The summed E-state index contributed by atoms with van der Waals surface area (Å²) >= 11 is 5.72.